The molecule has 0 aliphatic carbocycles. The molecule has 0 unspecified atom stereocenters. The van der Waals surface area contributed by atoms with Gasteiger partial charge in [-0.3, -0.25) is 4.79 Å². The molecule has 0 aromatic heterocycles. The molecule has 3 nitrogen and oxygen atoms in total. The Balaban J connectivity index is 3.08. The van der Waals surface area contributed by atoms with Crippen LogP contribution in [-0.4, -0.2) is 25.2 Å². The van der Waals surface area contributed by atoms with E-state index in [4.69, 9.17) is 4.74 Å². The highest BCUT2D eigenvalue weighted by Gasteiger charge is 2.03. The Morgan fingerprint density at radius 1 is 0.900 bits per heavy atom. The number of carbonyl (C=O) groups excluding carboxylic acids is 1. The number of unbranched alkanes of at least 4 members (excludes halogenated alkanes) is 9. The molecule has 120 valence electrons. The highest BCUT2D eigenvalue weighted by molar-refractivity contribution is 5.71. The zero-order chi connectivity index (χ0) is 15.1. The van der Waals surface area contributed by atoms with E-state index < -0.39 is 0 Å². The Kier molecular flexibility index (Phi) is 14.4. The second-order valence-electron chi connectivity index (χ2n) is 5.90. The number of hydrogen-bond acceptors (Lipinski definition) is 3. The van der Waals surface area contributed by atoms with Crippen molar-refractivity contribution < 1.29 is 9.53 Å². The van der Waals surface area contributed by atoms with Gasteiger partial charge in [0.05, 0.1) is 12.6 Å². The molecular weight excluding hydrogens is 250 g/mol. The average Bonchev–Trinajstić information content (AvgIpc) is 2.39. The van der Waals surface area contributed by atoms with Gasteiger partial charge in [-0.25, -0.2) is 0 Å². The second-order valence-corrected chi connectivity index (χ2v) is 5.90. The van der Waals surface area contributed by atoms with Crippen LogP contribution in [0.5, 0.6) is 0 Å². The number of nitrogens with one attached hydrogen (secondary N) is 1. The van der Waals surface area contributed by atoms with Crippen molar-refractivity contribution in [1.29, 1.82) is 0 Å². The van der Waals surface area contributed by atoms with Crippen LogP contribution in [0.25, 0.3) is 0 Å². The Bertz CT molecular complexity index is 217. The molecule has 3 heteroatoms. The molecule has 0 atom stereocenters. The molecule has 0 rings (SSSR count). The van der Waals surface area contributed by atoms with E-state index >= 15 is 0 Å². The fourth-order valence-electron chi connectivity index (χ4n) is 2.23. The highest BCUT2D eigenvalue weighted by atomic mass is 16.5. The molecule has 0 heterocycles. The average molecular weight is 285 g/mol. The minimum Gasteiger partial charge on any atom is -0.462 e. The molecule has 0 aliphatic rings. The van der Waals surface area contributed by atoms with Crippen LogP contribution in [0.2, 0.25) is 0 Å². The molecule has 20 heavy (non-hydrogen) atoms. The topological polar surface area (TPSA) is 38.3 Å². The quantitative estimate of drug-likeness (QED) is 0.378. The van der Waals surface area contributed by atoms with Crippen molar-refractivity contribution in [2.75, 3.05) is 13.1 Å². The number of esters is 1. The van der Waals surface area contributed by atoms with Crippen molar-refractivity contribution in [3.05, 3.63) is 0 Å². The van der Waals surface area contributed by atoms with Crippen LogP contribution < -0.4 is 5.32 Å². The van der Waals surface area contributed by atoms with Crippen molar-refractivity contribution in [2.45, 2.75) is 91.1 Å². The lowest BCUT2D eigenvalue weighted by Gasteiger charge is -2.08. The van der Waals surface area contributed by atoms with Crippen LogP contribution in [0.4, 0.5) is 0 Å². The minimum absolute atomic E-state index is 0.0124. The summed E-state index contributed by atoms with van der Waals surface area (Å²) in [6, 6.07) is 0. The number of ether oxygens (including phenoxy) is 1. The van der Waals surface area contributed by atoms with Crippen LogP contribution in [0.1, 0.15) is 85.0 Å². The van der Waals surface area contributed by atoms with E-state index in [-0.39, 0.29) is 12.1 Å². The number of rotatable bonds is 14. The molecule has 1 N–H and O–H groups in total. The minimum atomic E-state index is -0.146. The summed E-state index contributed by atoms with van der Waals surface area (Å²) in [5.74, 6) is -0.146. The lowest BCUT2D eigenvalue weighted by atomic mass is 10.1. The summed E-state index contributed by atoms with van der Waals surface area (Å²) in [6.07, 6.45) is 13.4. The first-order valence-electron chi connectivity index (χ1n) is 8.57. The van der Waals surface area contributed by atoms with Gasteiger partial charge in [-0.1, -0.05) is 64.7 Å². The van der Waals surface area contributed by atoms with E-state index in [1.807, 2.05) is 13.8 Å². The molecule has 0 fully saturated rings. The van der Waals surface area contributed by atoms with Gasteiger partial charge in [0.15, 0.2) is 0 Å². The third-order valence-electron chi connectivity index (χ3n) is 3.34. The summed E-state index contributed by atoms with van der Waals surface area (Å²) in [7, 11) is 0. The second kappa shape index (κ2) is 14.8. The van der Waals surface area contributed by atoms with Crippen LogP contribution in [0.3, 0.4) is 0 Å². The Morgan fingerprint density at radius 3 is 1.90 bits per heavy atom. The van der Waals surface area contributed by atoms with Crippen LogP contribution in [0, 0.1) is 0 Å². The summed E-state index contributed by atoms with van der Waals surface area (Å²) in [6.45, 7) is 7.27. The molecule has 0 bridgehead atoms. The predicted octanol–water partition coefficient (Wildman–Crippen LogP) is 4.45. The van der Waals surface area contributed by atoms with Crippen LogP contribution in [-0.2, 0) is 9.53 Å². The molecule has 0 saturated carbocycles. The van der Waals surface area contributed by atoms with Gasteiger partial charge >= 0.3 is 5.97 Å². The summed E-state index contributed by atoms with van der Waals surface area (Å²) in [5.41, 5.74) is 0. The highest BCUT2D eigenvalue weighted by Crippen LogP contribution is 2.10. The van der Waals surface area contributed by atoms with Crippen LogP contribution >= 0.6 is 0 Å². The summed E-state index contributed by atoms with van der Waals surface area (Å²) in [4.78, 5) is 11.3. The van der Waals surface area contributed by atoms with E-state index in [2.05, 4.69) is 12.2 Å². The first-order chi connectivity index (χ1) is 9.66. The zero-order valence-corrected chi connectivity index (χ0v) is 13.9. The predicted molar refractivity (Wildman–Crippen MR) is 85.9 cm³/mol. The van der Waals surface area contributed by atoms with Gasteiger partial charge in [0.25, 0.3) is 0 Å². The van der Waals surface area contributed by atoms with Gasteiger partial charge < -0.3 is 10.1 Å². The first-order valence-corrected chi connectivity index (χ1v) is 8.57. The fraction of sp³-hybridized carbons (Fsp3) is 0.941. The fourth-order valence-corrected chi connectivity index (χ4v) is 2.23. The van der Waals surface area contributed by atoms with E-state index in [1.165, 1.54) is 57.8 Å². The molecular formula is C17H35NO2. The summed E-state index contributed by atoms with van der Waals surface area (Å²) >= 11 is 0. The lowest BCUT2D eigenvalue weighted by Crippen LogP contribution is -2.27. The number of carbonyl (C=O) groups is 1. The van der Waals surface area contributed by atoms with E-state index in [1.54, 1.807) is 0 Å². The van der Waals surface area contributed by atoms with Crippen LogP contribution in [0.15, 0.2) is 0 Å². The smallest absolute Gasteiger partial charge is 0.320 e. The van der Waals surface area contributed by atoms with E-state index in [0.29, 0.717) is 6.54 Å². The maximum Gasteiger partial charge on any atom is 0.320 e. The molecule has 0 aromatic rings. The SMILES string of the molecule is CCCCCCCCCCCCNCC(=O)OC(C)C. The lowest BCUT2D eigenvalue weighted by molar-refractivity contribution is -0.146. The Morgan fingerprint density at radius 2 is 1.40 bits per heavy atom. The van der Waals surface area contributed by atoms with Crippen molar-refractivity contribution in [3.8, 4) is 0 Å². The van der Waals surface area contributed by atoms with E-state index in [9.17, 15) is 4.79 Å². The zero-order valence-electron chi connectivity index (χ0n) is 13.9. The van der Waals surface area contributed by atoms with Gasteiger partial charge in [0.1, 0.15) is 0 Å². The van der Waals surface area contributed by atoms with Crippen molar-refractivity contribution in [1.82, 2.24) is 5.32 Å². The van der Waals surface area contributed by atoms with Crippen molar-refractivity contribution >= 4 is 5.97 Å². The maximum atomic E-state index is 11.3. The van der Waals surface area contributed by atoms with Gasteiger partial charge in [-0.2, -0.15) is 0 Å². The molecule has 0 aromatic carbocycles. The molecule has 0 saturated heterocycles. The summed E-state index contributed by atoms with van der Waals surface area (Å²) < 4.78 is 5.05. The maximum absolute atomic E-state index is 11.3. The normalized spacial score (nSPS) is 11.0. The first kappa shape index (κ1) is 19.4. The number of hydrogen-bond donors (Lipinski definition) is 1. The van der Waals surface area contributed by atoms with Gasteiger partial charge in [-0.15, -0.1) is 0 Å². The molecule has 0 aliphatic heterocycles. The van der Waals surface area contributed by atoms with Crippen molar-refractivity contribution in [3.63, 3.8) is 0 Å². The molecule has 0 amide bonds. The largest absolute Gasteiger partial charge is 0.462 e. The third kappa shape index (κ3) is 15.5. The molecule has 0 spiro atoms. The van der Waals surface area contributed by atoms with E-state index in [0.717, 1.165) is 13.0 Å². The monoisotopic (exact) mass is 285 g/mol. The standard InChI is InChI=1S/C17H35NO2/c1-4-5-6-7-8-9-10-11-12-13-14-18-15-17(19)20-16(2)3/h16,18H,4-15H2,1-3H3. The van der Waals surface area contributed by atoms with Crippen molar-refractivity contribution in [2.24, 2.45) is 0 Å². The Labute approximate surface area is 125 Å². The Hall–Kier alpha value is -0.570. The van der Waals surface area contributed by atoms with Gasteiger partial charge in [0, 0.05) is 0 Å². The third-order valence-corrected chi connectivity index (χ3v) is 3.34. The van der Waals surface area contributed by atoms with Gasteiger partial charge in [-0.05, 0) is 26.8 Å². The summed E-state index contributed by atoms with van der Waals surface area (Å²) in [5, 5.41) is 3.14. The molecule has 0 radical (unpaired) electrons. The van der Waals surface area contributed by atoms with Gasteiger partial charge in [0.2, 0.25) is 0 Å².